The molecule has 3 saturated carbocycles. The van der Waals surface area contributed by atoms with Gasteiger partial charge in [-0.2, -0.15) is 0 Å². The van der Waals surface area contributed by atoms with Crippen LogP contribution in [0.1, 0.15) is 63.6 Å². The summed E-state index contributed by atoms with van der Waals surface area (Å²) < 4.78 is 2.48. The Kier molecular flexibility index (Phi) is 3.41. The number of benzene rings is 1. The van der Waals surface area contributed by atoms with Crippen molar-refractivity contribution in [2.45, 2.75) is 65.2 Å². The molecule has 0 unspecified atom stereocenters. The van der Waals surface area contributed by atoms with E-state index in [1.807, 2.05) is 0 Å². The molecule has 2 nitrogen and oxygen atoms in total. The fourth-order valence-electron chi connectivity index (χ4n) is 8.51. The number of para-hydroxylation sites is 1. The summed E-state index contributed by atoms with van der Waals surface area (Å²) in [5, 5.41) is 1.48. The Morgan fingerprint density at radius 2 is 1.86 bits per heavy atom. The summed E-state index contributed by atoms with van der Waals surface area (Å²) in [6, 6.07) is 9.01. The second-order valence-electron chi connectivity index (χ2n) is 11.0. The molecule has 0 aliphatic heterocycles. The highest BCUT2D eigenvalue weighted by Crippen LogP contribution is 2.65. The molecule has 3 fully saturated rings. The molecule has 0 bridgehead atoms. The normalized spacial score (nSPS) is 42.0. The van der Waals surface area contributed by atoms with Crippen molar-refractivity contribution in [3.8, 4) is 0 Å². The van der Waals surface area contributed by atoms with Crippen LogP contribution in [0.4, 0.5) is 0 Å². The molecule has 6 rings (SSSR count). The van der Waals surface area contributed by atoms with Gasteiger partial charge in [-0.15, -0.1) is 0 Å². The Morgan fingerprint density at radius 1 is 1.04 bits per heavy atom. The molecule has 6 atom stereocenters. The monoisotopic (exact) mass is 375 g/mol. The van der Waals surface area contributed by atoms with E-state index in [1.165, 1.54) is 43.0 Å². The number of carbonyl (C=O) groups is 1. The summed E-state index contributed by atoms with van der Waals surface area (Å²) in [4.78, 5) is 12.7. The predicted molar refractivity (Wildman–Crippen MR) is 113 cm³/mol. The van der Waals surface area contributed by atoms with Crippen LogP contribution >= 0.6 is 0 Å². The number of rotatable bonds is 0. The molecule has 28 heavy (non-hydrogen) atoms. The highest BCUT2D eigenvalue weighted by Gasteiger charge is 2.60. The third kappa shape index (κ3) is 1.97. The van der Waals surface area contributed by atoms with Gasteiger partial charge in [0.1, 0.15) is 5.78 Å². The zero-order chi connectivity index (χ0) is 19.3. The highest BCUT2D eigenvalue weighted by atomic mass is 16.1. The lowest BCUT2D eigenvalue weighted by atomic mass is 9.45. The average Bonchev–Trinajstić information content (AvgIpc) is 3.14. The van der Waals surface area contributed by atoms with Crippen molar-refractivity contribution in [1.82, 2.24) is 4.57 Å². The Morgan fingerprint density at radius 3 is 2.71 bits per heavy atom. The number of Topliss-reactive ketones (excluding diaryl/α,β-unsaturated/α-hetero) is 1. The Bertz CT molecular complexity index is 986. The molecule has 1 aromatic heterocycles. The Balaban J connectivity index is 1.43. The molecule has 0 spiro atoms. The SMILES string of the molecule is Cn1c2c(c3ccccc31)C[C@]1(C)[C@H](CC[C@H]3[C@H]1CC[C@@]1(C)C(=O)CC[C@@H]31)C2. The molecule has 0 saturated heterocycles. The number of hydrogen-bond donors (Lipinski definition) is 0. The smallest absolute Gasteiger partial charge is 0.139 e. The molecular weight excluding hydrogens is 342 g/mol. The standard InChI is InChI=1S/C26H33NO/c1-25-13-12-21-18(20(25)10-11-24(25)28)9-8-16-14-23-19(15-26(16,21)2)17-6-4-5-7-22(17)27(23)3/h4-7,16,18,20-21H,8-15H2,1-3H3/t16-,18-,20+,21-,25-,26-/m1/s1. The first kappa shape index (κ1) is 17.3. The highest BCUT2D eigenvalue weighted by molar-refractivity contribution is 5.87. The van der Waals surface area contributed by atoms with Crippen LogP contribution in [0.2, 0.25) is 0 Å². The van der Waals surface area contributed by atoms with E-state index in [4.69, 9.17) is 0 Å². The number of carbonyl (C=O) groups excluding carboxylic acids is 1. The molecule has 2 heteroatoms. The zero-order valence-corrected chi connectivity index (χ0v) is 17.6. The van der Waals surface area contributed by atoms with E-state index >= 15 is 0 Å². The van der Waals surface area contributed by atoms with Gasteiger partial charge >= 0.3 is 0 Å². The van der Waals surface area contributed by atoms with Crippen LogP contribution in [0.15, 0.2) is 24.3 Å². The second kappa shape index (κ2) is 5.52. The number of aromatic nitrogens is 1. The number of nitrogens with zero attached hydrogens (tertiary/aromatic N) is 1. The number of ketones is 1. The maximum Gasteiger partial charge on any atom is 0.139 e. The van der Waals surface area contributed by atoms with Crippen LogP contribution in [-0.4, -0.2) is 10.4 Å². The van der Waals surface area contributed by atoms with Gasteiger partial charge in [0.05, 0.1) is 0 Å². The van der Waals surface area contributed by atoms with Crippen molar-refractivity contribution in [3.05, 3.63) is 35.5 Å². The van der Waals surface area contributed by atoms with Gasteiger partial charge in [0.25, 0.3) is 0 Å². The van der Waals surface area contributed by atoms with Crippen LogP contribution < -0.4 is 0 Å². The van der Waals surface area contributed by atoms with Crippen molar-refractivity contribution in [1.29, 1.82) is 0 Å². The lowest BCUT2D eigenvalue weighted by molar-refractivity contribution is -0.136. The maximum atomic E-state index is 12.7. The third-order valence-corrected chi connectivity index (χ3v) is 10.1. The van der Waals surface area contributed by atoms with Gasteiger partial charge < -0.3 is 4.57 Å². The molecule has 4 aliphatic carbocycles. The van der Waals surface area contributed by atoms with Crippen molar-refractivity contribution in [3.63, 3.8) is 0 Å². The molecule has 148 valence electrons. The average molecular weight is 376 g/mol. The first-order valence-corrected chi connectivity index (χ1v) is 11.5. The van der Waals surface area contributed by atoms with Crippen molar-refractivity contribution < 1.29 is 4.79 Å². The Labute approximate surface area is 168 Å². The van der Waals surface area contributed by atoms with Crippen LogP contribution in [0.3, 0.4) is 0 Å². The predicted octanol–water partition coefficient (Wildman–Crippen LogP) is 5.70. The second-order valence-corrected chi connectivity index (χ2v) is 11.0. The Hall–Kier alpha value is -1.57. The fourth-order valence-corrected chi connectivity index (χ4v) is 8.51. The van der Waals surface area contributed by atoms with Gasteiger partial charge in [0, 0.05) is 35.5 Å². The van der Waals surface area contributed by atoms with Gasteiger partial charge in [0.2, 0.25) is 0 Å². The minimum Gasteiger partial charge on any atom is -0.347 e. The van der Waals surface area contributed by atoms with Crippen LogP contribution in [-0.2, 0) is 24.7 Å². The van der Waals surface area contributed by atoms with E-state index in [2.05, 4.69) is 49.7 Å². The first-order valence-electron chi connectivity index (χ1n) is 11.5. The summed E-state index contributed by atoms with van der Waals surface area (Å²) in [7, 11) is 2.27. The molecule has 0 amide bonds. The van der Waals surface area contributed by atoms with Crippen molar-refractivity contribution in [2.24, 2.45) is 41.5 Å². The molecule has 4 aliphatic rings. The molecule has 1 heterocycles. The molecule has 0 radical (unpaired) electrons. The molecular formula is C26H33NO. The van der Waals surface area contributed by atoms with E-state index in [9.17, 15) is 4.79 Å². The van der Waals surface area contributed by atoms with Gasteiger partial charge in [-0.3, -0.25) is 4.79 Å². The lowest BCUT2D eigenvalue weighted by Gasteiger charge is -2.59. The quantitative estimate of drug-likeness (QED) is 0.578. The van der Waals surface area contributed by atoms with E-state index in [1.54, 1.807) is 11.3 Å². The maximum absolute atomic E-state index is 12.7. The lowest BCUT2D eigenvalue weighted by Crippen LogP contribution is -2.54. The summed E-state index contributed by atoms with van der Waals surface area (Å²) in [5.74, 6) is 3.63. The largest absolute Gasteiger partial charge is 0.347 e. The third-order valence-electron chi connectivity index (χ3n) is 10.1. The zero-order valence-electron chi connectivity index (χ0n) is 17.6. The minimum absolute atomic E-state index is 0.00361. The molecule has 2 aromatic rings. The van der Waals surface area contributed by atoms with Crippen LogP contribution in [0.5, 0.6) is 0 Å². The number of fused-ring (bicyclic) bond motifs is 8. The van der Waals surface area contributed by atoms with Crippen molar-refractivity contribution in [2.75, 3.05) is 0 Å². The van der Waals surface area contributed by atoms with E-state index in [0.29, 0.717) is 17.1 Å². The van der Waals surface area contributed by atoms with E-state index < -0.39 is 0 Å². The summed E-state index contributed by atoms with van der Waals surface area (Å²) in [6.07, 6.45) is 9.64. The van der Waals surface area contributed by atoms with Gasteiger partial charge in [-0.1, -0.05) is 32.0 Å². The fraction of sp³-hybridized carbons (Fsp3) is 0.654. The molecule has 1 aromatic carbocycles. The number of aryl methyl sites for hydroxylation is 1. The minimum atomic E-state index is 0.00361. The summed E-state index contributed by atoms with van der Waals surface area (Å²) in [5.41, 5.74) is 5.05. The van der Waals surface area contributed by atoms with Crippen LogP contribution in [0.25, 0.3) is 10.9 Å². The van der Waals surface area contributed by atoms with Crippen molar-refractivity contribution >= 4 is 16.7 Å². The van der Waals surface area contributed by atoms with Gasteiger partial charge in [-0.25, -0.2) is 0 Å². The van der Waals surface area contributed by atoms with Crippen LogP contribution in [0, 0.1) is 34.5 Å². The van der Waals surface area contributed by atoms with E-state index in [-0.39, 0.29) is 5.41 Å². The van der Waals surface area contributed by atoms with Gasteiger partial charge in [-0.05, 0) is 85.7 Å². The number of hydrogen-bond acceptors (Lipinski definition) is 1. The summed E-state index contributed by atoms with van der Waals surface area (Å²) >= 11 is 0. The summed E-state index contributed by atoms with van der Waals surface area (Å²) in [6.45, 7) is 4.93. The molecule has 0 N–H and O–H groups in total. The van der Waals surface area contributed by atoms with Gasteiger partial charge in [0.15, 0.2) is 0 Å². The van der Waals surface area contributed by atoms with E-state index in [0.717, 1.165) is 37.0 Å². The topological polar surface area (TPSA) is 22.0 Å². The first-order chi connectivity index (χ1) is 13.4.